The van der Waals surface area contributed by atoms with Crippen LogP contribution in [0.2, 0.25) is 0 Å². The van der Waals surface area contributed by atoms with Crippen molar-refractivity contribution in [1.82, 2.24) is 0 Å². The molecule has 0 N–H and O–H groups in total. The largest absolute Gasteiger partial charge is 0.306 e. The molecule has 0 spiro atoms. The summed E-state index contributed by atoms with van der Waals surface area (Å²) < 4.78 is 2.25. The summed E-state index contributed by atoms with van der Waals surface area (Å²) in [5.74, 6) is 0. The van der Waals surface area contributed by atoms with Crippen LogP contribution in [0.15, 0.2) is 118 Å². The van der Waals surface area contributed by atoms with Crippen molar-refractivity contribution in [2.75, 3.05) is 48.3 Å². The van der Waals surface area contributed by atoms with Gasteiger partial charge in [0.1, 0.15) is 25.1 Å². The van der Waals surface area contributed by atoms with Crippen LogP contribution in [0.25, 0.3) is 0 Å². The fourth-order valence-corrected chi connectivity index (χ4v) is 12.7. The van der Waals surface area contributed by atoms with Gasteiger partial charge in [0, 0.05) is 20.3 Å². The zero-order valence-corrected chi connectivity index (χ0v) is 25.7. The Morgan fingerprint density at radius 2 is 0.778 bits per heavy atom. The third-order valence-corrected chi connectivity index (χ3v) is 15.1. The Morgan fingerprint density at radius 3 is 1.08 bits per heavy atom. The monoisotopic (exact) mass is 640 g/mol. The van der Waals surface area contributed by atoms with Gasteiger partial charge < -0.3 is 9.80 Å². The minimum Gasteiger partial charge on any atom is -0.306 e. The molecule has 1 aliphatic heterocycles. The van der Waals surface area contributed by atoms with E-state index in [0.29, 0.717) is 0 Å². The SMILES string of the molecule is C[P+]1(c2ccccc2)CN(c2ccc(Br)cc2)C[P+](C)(c2ccccc2)CN(c2ccc(Br)cc2)C1. The third-order valence-electron chi connectivity index (χ3n) is 7.07. The van der Waals surface area contributed by atoms with Crippen LogP contribution in [0.4, 0.5) is 11.4 Å². The van der Waals surface area contributed by atoms with Gasteiger partial charge in [0.25, 0.3) is 0 Å². The normalized spacial score (nSPS) is 22.7. The van der Waals surface area contributed by atoms with Gasteiger partial charge in [-0.05, 0) is 72.8 Å². The predicted octanol–water partition coefficient (Wildman–Crippen LogP) is 8.31. The summed E-state index contributed by atoms with van der Waals surface area (Å²) in [6.45, 7) is 5.09. The second-order valence-electron chi connectivity index (χ2n) is 10.1. The highest BCUT2D eigenvalue weighted by atomic mass is 79.9. The minimum absolute atomic E-state index is 1.06. The molecular weight excluding hydrogens is 610 g/mol. The molecule has 0 amide bonds. The minimum atomic E-state index is -1.56. The molecule has 6 heteroatoms. The van der Waals surface area contributed by atoms with Crippen LogP contribution in [0.5, 0.6) is 0 Å². The quantitative estimate of drug-likeness (QED) is 0.207. The lowest BCUT2D eigenvalue weighted by Crippen LogP contribution is -2.44. The molecule has 0 bridgehead atoms. The maximum Gasteiger partial charge on any atom is 0.139 e. The van der Waals surface area contributed by atoms with E-state index in [2.05, 4.69) is 164 Å². The highest BCUT2D eigenvalue weighted by molar-refractivity contribution is 9.10. The third kappa shape index (κ3) is 5.73. The van der Waals surface area contributed by atoms with Crippen molar-refractivity contribution in [2.24, 2.45) is 0 Å². The molecule has 0 unspecified atom stereocenters. The molecule has 0 aromatic heterocycles. The average molecular weight is 642 g/mol. The number of benzene rings is 4. The molecule has 36 heavy (non-hydrogen) atoms. The van der Waals surface area contributed by atoms with E-state index in [4.69, 9.17) is 0 Å². The van der Waals surface area contributed by atoms with E-state index in [-0.39, 0.29) is 0 Å². The van der Waals surface area contributed by atoms with E-state index in [1.807, 2.05) is 0 Å². The summed E-state index contributed by atoms with van der Waals surface area (Å²) in [6, 6.07) is 40.3. The van der Waals surface area contributed by atoms with Crippen LogP contribution in [0.3, 0.4) is 0 Å². The highest BCUT2D eigenvalue weighted by Gasteiger charge is 2.48. The smallest absolute Gasteiger partial charge is 0.139 e. The molecule has 0 saturated carbocycles. The van der Waals surface area contributed by atoms with Crippen LogP contribution >= 0.6 is 46.4 Å². The molecule has 1 aliphatic rings. The van der Waals surface area contributed by atoms with Gasteiger partial charge in [-0.1, -0.05) is 68.3 Å². The summed E-state index contributed by atoms with van der Waals surface area (Å²) in [4.78, 5) is 5.40. The van der Waals surface area contributed by atoms with E-state index in [1.165, 1.54) is 22.0 Å². The molecule has 5 rings (SSSR count). The number of nitrogens with zero attached hydrogens (tertiary/aromatic N) is 2. The summed E-state index contributed by atoms with van der Waals surface area (Å²) in [5, 5.41) is 2.99. The lowest BCUT2D eigenvalue weighted by atomic mass is 10.3. The Kier molecular flexibility index (Phi) is 7.89. The maximum absolute atomic E-state index is 3.64. The molecule has 2 nitrogen and oxygen atoms in total. The number of hydrogen-bond donors (Lipinski definition) is 0. The molecule has 4 aromatic rings. The van der Waals surface area contributed by atoms with E-state index in [1.54, 1.807) is 0 Å². The standard InChI is InChI=1S/C30H32Br2N2P2/c1-35(29-9-5-3-6-10-29)21-33(27-17-13-25(31)14-18-27)23-36(2,30-11-7-4-8-12-30)24-34(22-35)28-19-15-26(32)16-20-28/h3-20H,21-24H2,1-2H3/q+2. The fraction of sp³-hybridized carbons (Fsp3) is 0.200. The van der Waals surface area contributed by atoms with Crippen molar-refractivity contribution in [3.8, 4) is 0 Å². The molecule has 1 heterocycles. The Hall–Kier alpha value is -1.70. The lowest BCUT2D eigenvalue weighted by molar-refractivity contribution is 0.967. The summed E-state index contributed by atoms with van der Waals surface area (Å²) in [5.41, 5.74) is 2.64. The first-order valence-electron chi connectivity index (χ1n) is 12.2. The average Bonchev–Trinajstić information content (AvgIpc) is 2.89. The Balaban J connectivity index is 1.64. The number of hydrogen-bond acceptors (Lipinski definition) is 2. The molecule has 184 valence electrons. The summed E-state index contributed by atoms with van der Waals surface area (Å²) in [7, 11) is -3.11. The van der Waals surface area contributed by atoms with E-state index in [0.717, 1.165) is 34.1 Å². The van der Waals surface area contributed by atoms with Gasteiger partial charge in [-0.3, -0.25) is 0 Å². The predicted molar refractivity (Wildman–Crippen MR) is 171 cm³/mol. The first-order valence-corrected chi connectivity index (χ1v) is 19.0. The maximum atomic E-state index is 3.64. The van der Waals surface area contributed by atoms with Crippen LogP contribution in [-0.4, -0.2) is 38.5 Å². The Morgan fingerprint density at radius 1 is 0.472 bits per heavy atom. The Labute approximate surface area is 233 Å². The number of anilines is 2. The first-order chi connectivity index (χ1) is 17.3. The fourth-order valence-electron chi connectivity index (χ4n) is 5.22. The number of rotatable bonds is 4. The van der Waals surface area contributed by atoms with Gasteiger partial charge in [0.05, 0.1) is 38.5 Å². The van der Waals surface area contributed by atoms with Crippen LogP contribution in [0.1, 0.15) is 0 Å². The summed E-state index contributed by atoms with van der Waals surface area (Å²) in [6.07, 6.45) is 4.25. The summed E-state index contributed by atoms with van der Waals surface area (Å²) >= 11 is 7.28. The second kappa shape index (κ2) is 11.0. The topological polar surface area (TPSA) is 6.48 Å². The van der Waals surface area contributed by atoms with Gasteiger partial charge in [0.15, 0.2) is 0 Å². The van der Waals surface area contributed by atoms with Crippen molar-refractivity contribution in [3.05, 3.63) is 118 Å². The van der Waals surface area contributed by atoms with Crippen LogP contribution < -0.4 is 20.4 Å². The zero-order chi connectivity index (χ0) is 25.2. The molecule has 0 aliphatic carbocycles. The first kappa shape index (κ1) is 25.9. The van der Waals surface area contributed by atoms with Crippen molar-refractivity contribution < 1.29 is 0 Å². The molecule has 4 aromatic carbocycles. The van der Waals surface area contributed by atoms with E-state index in [9.17, 15) is 0 Å². The van der Waals surface area contributed by atoms with Gasteiger partial charge in [-0.15, -0.1) is 0 Å². The molecule has 1 saturated heterocycles. The zero-order valence-electron chi connectivity index (χ0n) is 20.8. The lowest BCUT2D eigenvalue weighted by Gasteiger charge is -2.42. The Bertz CT molecular complexity index is 1170. The molecule has 0 radical (unpaired) electrons. The van der Waals surface area contributed by atoms with Crippen molar-refractivity contribution in [2.45, 2.75) is 0 Å². The highest BCUT2D eigenvalue weighted by Crippen LogP contribution is 2.63. The van der Waals surface area contributed by atoms with Gasteiger partial charge in [-0.2, -0.15) is 0 Å². The number of halogens is 2. The van der Waals surface area contributed by atoms with Crippen molar-refractivity contribution in [1.29, 1.82) is 0 Å². The van der Waals surface area contributed by atoms with E-state index >= 15 is 0 Å². The van der Waals surface area contributed by atoms with Crippen molar-refractivity contribution >= 4 is 68.4 Å². The molecule has 1 fully saturated rings. The van der Waals surface area contributed by atoms with Crippen LogP contribution in [0, 0.1) is 0 Å². The van der Waals surface area contributed by atoms with Crippen LogP contribution in [-0.2, 0) is 0 Å². The van der Waals surface area contributed by atoms with E-state index < -0.39 is 14.5 Å². The molecular formula is C30H32Br2N2P2+2. The second-order valence-corrected chi connectivity index (χ2v) is 19.6. The molecule has 0 atom stereocenters. The van der Waals surface area contributed by atoms with Crippen molar-refractivity contribution in [3.63, 3.8) is 0 Å². The van der Waals surface area contributed by atoms with Gasteiger partial charge in [-0.25, -0.2) is 0 Å². The van der Waals surface area contributed by atoms with Gasteiger partial charge in [0.2, 0.25) is 0 Å². The van der Waals surface area contributed by atoms with Gasteiger partial charge >= 0.3 is 0 Å².